The largest absolute Gasteiger partial charge is 0.376 e. The van der Waals surface area contributed by atoms with Crippen LogP contribution >= 0.6 is 0 Å². The van der Waals surface area contributed by atoms with Gasteiger partial charge in [0.25, 0.3) is 5.91 Å². The summed E-state index contributed by atoms with van der Waals surface area (Å²) >= 11 is 0. The molecule has 5 heteroatoms. The molecule has 0 atom stereocenters. The SMILES string of the molecule is O=C(Nc1cccc(COCC2CC2)c1)c1ccccc1-n1cccn1. The van der Waals surface area contributed by atoms with Crippen LogP contribution in [-0.4, -0.2) is 22.3 Å². The second kappa shape index (κ2) is 7.54. The number of nitrogens with one attached hydrogen (secondary N) is 1. The van der Waals surface area contributed by atoms with Gasteiger partial charge in [-0.3, -0.25) is 4.79 Å². The zero-order valence-corrected chi connectivity index (χ0v) is 14.5. The van der Waals surface area contributed by atoms with Gasteiger partial charge in [0.1, 0.15) is 0 Å². The summed E-state index contributed by atoms with van der Waals surface area (Å²) in [7, 11) is 0. The Hall–Kier alpha value is -2.92. The fourth-order valence-corrected chi connectivity index (χ4v) is 2.84. The van der Waals surface area contributed by atoms with Gasteiger partial charge >= 0.3 is 0 Å². The van der Waals surface area contributed by atoms with Gasteiger partial charge in [0.15, 0.2) is 0 Å². The van der Waals surface area contributed by atoms with E-state index >= 15 is 0 Å². The Bertz CT molecular complexity index is 886. The Morgan fingerprint density at radius 2 is 2.04 bits per heavy atom. The highest BCUT2D eigenvalue weighted by Crippen LogP contribution is 2.29. The third kappa shape index (κ3) is 4.00. The van der Waals surface area contributed by atoms with Crippen molar-refractivity contribution < 1.29 is 9.53 Å². The minimum Gasteiger partial charge on any atom is -0.376 e. The lowest BCUT2D eigenvalue weighted by Crippen LogP contribution is -2.15. The minimum absolute atomic E-state index is 0.160. The van der Waals surface area contributed by atoms with Crippen molar-refractivity contribution >= 4 is 11.6 Å². The molecule has 0 radical (unpaired) electrons. The molecular formula is C21H21N3O2. The summed E-state index contributed by atoms with van der Waals surface area (Å²) in [6.45, 7) is 1.40. The summed E-state index contributed by atoms with van der Waals surface area (Å²) in [4.78, 5) is 12.8. The Labute approximate surface area is 152 Å². The Morgan fingerprint density at radius 3 is 2.85 bits per heavy atom. The van der Waals surface area contributed by atoms with E-state index in [1.807, 2.05) is 54.7 Å². The molecule has 1 aromatic heterocycles. The first-order chi connectivity index (χ1) is 12.8. The maximum atomic E-state index is 12.8. The van der Waals surface area contributed by atoms with E-state index < -0.39 is 0 Å². The first kappa shape index (κ1) is 16.5. The Kier molecular flexibility index (Phi) is 4.80. The molecule has 0 aliphatic heterocycles. The number of para-hydroxylation sites is 1. The van der Waals surface area contributed by atoms with Crippen molar-refractivity contribution in [3.05, 3.63) is 78.1 Å². The van der Waals surface area contributed by atoms with Crippen molar-refractivity contribution in [1.82, 2.24) is 9.78 Å². The van der Waals surface area contributed by atoms with Gasteiger partial charge in [0.2, 0.25) is 0 Å². The molecule has 3 aromatic rings. The van der Waals surface area contributed by atoms with Crippen LogP contribution in [0.4, 0.5) is 5.69 Å². The lowest BCUT2D eigenvalue weighted by molar-refractivity contribution is 0.102. The predicted molar refractivity (Wildman–Crippen MR) is 100 cm³/mol. The maximum absolute atomic E-state index is 12.8. The lowest BCUT2D eigenvalue weighted by Gasteiger charge is -2.11. The molecule has 26 heavy (non-hydrogen) atoms. The fourth-order valence-electron chi connectivity index (χ4n) is 2.84. The second-order valence-corrected chi connectivity index (χ2v) is 6.58. The number of rotatable bonds is 7. The standard InChI is InChI=1S/C21H21N3O2/c25-21(19-7-1-2-8-20(19)24-12-4-11-22-24)23-18-6-3-5-17(13-18)15-26-14-16-9-10-16/h1-8,11-13,16H,9-10,14-15H2,(H,23,25). The van der Waals surface area contributed by atoms with Crippen LogP contribution in [0.5, 0.6) is 0 Å². The first-order valence-electron chi connectivity index (χ1n) is 8.87. The van der Waals surface area contributed by atoms with Gasteiger partial charge in [-0.1, -0.05) is 24.3 Å². The molecule has 0 saturated heterocycles. The summed E-state index contributed by atoms with van der Waals surface area (Å²) in [5, 5.41) is 7.20. The van der Waals surface area contributed by atoms with Crippen LogP contribution in [0.3, 0.4) is 0 Å². The van der Waals surface area contributed by atoms with Crippen molar-refractivity contribution in [3.63, 3.8) is 0 Å². The van der Waals surface area contributed by atoms with Crippen LogP contribution in [-0.2, 0) is 11.3 Å². The fraction of sp³-hybridized carbons (Fsp3) is 0.238. The van der Waals surface area contributed by atoms with Crippen LogP contribution < -0.4 is 5.32 Å². The summed E-state index contributed by atoms with van der Waals surface area (Å²) in [6.07, 6.45) is 6.08. The molecule has 0 unspecified atom stereocenters. The van der Waals surface area contributed by atoms with E-state index in [-0.39, 0.29) is 5.91 Å². The van der Waals surface area contributed by atoms with E-state index in [0.717, 1.165) is 29.5 Å². The number of aromatic nitrogens is 2. The molecule has 1 aliphatic carbocycles. The van der Waals surface area contributed by atoms with Crippen LogP contribution in [0.1, 0.15) is 28.8 Å². The molecule has 132 valence electrons. The predicted octanol–water partition coefficient (Wildman–Crippen LogP) is 4.05. The van der Waals surface area contributed by atoms with Crippen LogP contribution in [0.15, 0.2) is 67.0 Å². The first-order valence-corrected chi connectivity index (χ1v) is 8.87. The number of hydrogen-bond acceptors (Lipinski definition) is 3. The molecule has 1 fully saturated rings. The van der Waals surface area contributed by atoms with Gasteiger partial charge in [-0.05, 0) is 54.7 Å². The number of benzene rings is 2. The number of anilines is 1. The summed E-state index contributed by atoms with van der Waals surface area (Å²) < 4.78 is 7.42. The number of amides is 1. The minimum atomic E-state index is -0.160. The molecule has 1 heterocycles. The highest BCUT2D eigenvalue weighted by atomic mass is 16.5. The van der Waals surface area contributed by atoms with E-state index in [1.54, 1.807) is 16.9 Å². The van der Waals surface area contributed by atoms with Gasteiger partial charge in [0, 0.05) is 24.7 Å². The third-order valence-electron chi connectivity index (χ3n) is 4.40. The van der Waals surface area contributed by atoms with Gasteiger partial charge in [-0.2, -0.15) is 5.10 Å². The van der Waals surface area contributed by atoms with Crippen molar-refractivity contribution in [2.75, 3.05) is 11.9 Å². The van der Waals surface area contributed by atoms with E-state index in [9.17, 15) is 4.79 Å². The van der Waals surface area contributed by atoms with Crippen LogP contribution in [0, 0.1) is 5.92 Å². The van der Waals surface area contributed by atoms with Gasteiger partial charge in [-0.25, -0.2) is 4.68 Å². The number of ether oxygens (including phenoxy) is 1. The molecule has 0 spiro atoms. The Balaban J connectivity index is 1.46. The van der Waals surface area contributed by atoms with Crippen molar-refractivity contribution in [2.24, 2.45) is 5.92 Å². The molecule has 1 aliphatic rings. The van der Waals surface area contributed by atoms with E-state index in [2.05, 4.69) is 10.4 Å². The van der Waals surface area contributed by atoms with Crippen molar-refractivity contribution in [1.29, 1.82) is 0 Å². The zero-order chi connectivity index (χ0) is 17.8. The highest BCUT2D eigenvalue weighted by molar-refractivity contribution is 6.06. The van der Waals surface area contributed by atoms with E-state index in [4.69, 9.17) is 4.74 Å². The quantitative estimate of drug-likeness (QED) is 0.701. The topological polar surface area (TPSA) is 56.1 Å². The third-order valence-corrected chi connectivity index (χ3v) is 4.40. The summed E-state index contributed by atoms with van der Waals surface area (Å²) in [5.41, 5.74) is 3.15. The normalized spacial score (nSPS) is 13.5. The summed E-state index contributed by atoms with van der Waals surface area (Å²) in [5.74, 6) is 0.587. The number of carbonyl (C=O) groups excluding carboxylic acids is 1. The average Bonchev–Trinajstić information content (AvgIpc) is 3.32. The zero-order valence-electron chi connectivity index (χ0n) is 14.5. The van der Waals surface area contributed by atoms with Crippen LogP contribution in [0.25, 0.3) is 5.69 Å². The monoisotopic (exact) mass is 347 g/mol. The maximum Gasteiger partial charge on any atom is 0.257 e. The number of nitrogens with zero attached hydrogens (tertiary/aromatic N) is 2. The number of hydrogen-bond donors (Lipinski definition) is 1. The lowest BCUT2D eigenvalue weighted by atomic mass is 10.1. The molecule has 0 bridgehead atoms. The molecule has 4 rings (SSSR count). The average molecular weight is 347 g/mol. The molecular weight excluding hydrogens is 326 g/mol. The second-order valence-electron chi connectivity index (χ2n) is 6.58. The highest BCUT2D eigenvalue weighted by Gasteiger charge is 2.21. The Morgan fingerprint density at radius 1 is 1.15 bits per heavy atom. The smallest absolute Gasteiger partial charge is 0.257 e. The molecule has 1 N–H and O–H groups in total. The molecule has 1 saturated carbocycles. The van der Waals surface area contributed by atoms with Gasteiger partial charge in [0.05, 0.1) is 17.9 Å². The van der Waals surface area contributed by atoms with Crippen molar-refractivity contribution in [3.8, 4) is 5.69 Å². The van der Waals surface area contributed by atoms with E-state index in [1.165, 1.54) is 12.8 Å². The summed E-state index contributed by atoms with van der Waals surface area (Å²) in [6, 6.07) is 17.1. The molecule has 5 nitrogen and oxygen atoms in total. The van der Waals surface area contributed by atoms with Gasteiger partial charge in [-0.15, -0.1) is 0 Å². The van der Waals surface area contributed by atoms with Crippen molar-refractivity contribution in [2.45, 2.75) is 19.4 Å². The molecule has 2 aromatic carbocycles. The molecule has 1 amide bonds. The number of carbonyl (C=O) groups is 1. The van der Waals surface area contributed by atoms with Crippen LogP contribution in [0.2, 0.25) is 0 Å². The van der Waals surface area contributed by atoms with Gasteiger partial charge < -0.3 is 10.1 Å². The van der Waals surface area contributed by atoms with E-state index in [0.29, 0.717) is 12.2 Å².